The van der Waals surface area contributed by atoms with Gasteiger partial charge < -0.3 is 4.74 Å². The second-order valence-corrected chi connectivity index (χ2v) is 4.90. The first-order valence-electron chi connectivity index (χ1n) is 7.18. The number of anilines is 1. The van der Waals surface area contributed by atoms with E-state index in [0.717, 1.165) is 5.56 Å². The van der Waals surface area contributed by atoms with E-state index >= 15 is 0 Å². The number of hydrogen-bond acceptors (Lipinski definition) is 4. The molecule has 1 aromatic heterocycles. The van der Waals surface area contributed by atoms with E-state index in [2.05, 4.69) is 15.6 Å². The molecule has 23 heavy (non-hydrogen) atoms. The molecule has 7 heteroatoms. The van der Waals surface area contributed by atoms with Gasteiger partial charge in [0.1, 0.15) is 11.3 Å². The normalized spacial score (nSPS) is 10.7. The number of benzene rings is 2. The molecule has 1 amide bonds. The molecule has 2 aromatic carbocycles. The maximum absolute atomic E-state index is 14.0. The van der Waals surface area contributed by atoms with E-state index in [-0.39, 0.29) is 12.3 Å². The molecule has 6 nitrogen and oxygen atoms in total. The number of nitrogens with zero attached hydrogens (tertiary/aromatic N) is 3. The van der Waals surface area contributed by atoms with Gasteiger partial charge in [-0.1, -0.05) is 35.5 Å². The molecule has 0 fully saturated rings. The van der Waals surface area contributed by atoms with Crippen LogP contribution in [-0.2, 0) is 11.3 Å². The second-order valence-electron chi connectivity index (χ2n) is 4.90. The third-order valence-electron chi connectivity index (χ3n) is 3.29. The number of halogens is 1. The molecule has 0 saturated carbocycles. The average Bonchev–Trinajstić information content (AvgIpc) is 2.91. The number of ether oxygens (including phenoxy) is 1. The van der Waals surface area contributed by atoms with Gasteiger partial charge in [0.05, 0.1) is 24.4 Å². The van der Waals surface area contributed by atoms with Crippen molar-refractivity contribution in [3.8, 4) is 0 Å². The van der Waals surface area contributed by atoms with Crippen molar-refractivity contribution < 1.29 is 13.9 Å². The number of rotatable bonds is 4. The summed E-state index contributed by atoms with van der Waals surface area (Å²) in [6.07, 6.45) is -0.701. The van der Waals surface area contributed by atoms with Crippen LogP contribution in [0.4, 0.5) is 14.9 Å². The smallest absolute Gasteiger partial charge is 0.411 e. The number of hydrogen-bond donors (Lipinski definition) is 1. The van der Waals surface area contributed by atoms with E-state index in [9.17, 15) is 9.18 Å². The predicted octanol–water partition coefficient (Wildman–Crippen LogP) is 3.19. The van der Waals surface area contributed by atoms with Crippen LogP contribution in [-0.4, -0.2) is 27.7 Å². The van der Waals surface area contributed by atoms with Crippen LogP contribution >= 0.6 is 0 Å². The van der Waals surface area contributed by atoms with Crippen molar-refractivity contribution in [2.24, 2.45) is 0 Å². The number of amides is 1. The summed E-state index contributed by atoms with van der Waals surface area (Å²) >= 11 is 0. The lowest BCUT2D eigenvalue weighted by molar-refractivity contribution is 0.168. The molecule has 1 N–H and O–H groups in total. The van der Waals surface area contributed by atoms with E-state index in [0.29, 0.717) is 17.6 Å². The molecule has 0 unspecified atom stereocenters. The number of aromatic nitrogens is 3. The maximum Gasteiger partial charge on any atom is 0.411 e. The van der Waals surface area contributed by atoms with E-state index in [4.69, 9.17) is 4.74 Å². The summed E-state index contributed by atoms with van der Waals surface area (Å²) in [5.74, 6) is -0.586. The van der Waals surface area contributed by atoms with Gasteiger partial charge in [-0.05, 0) is 18.6 Å². The molecule has 3 rings (SSSR count). The quantitative estimate of drug-likeness (QED) is 0.803. The van der Waals surface area contributed by atoms with E-state index < -0.39 is 11.9 Å². The molecule has 0 aliphatic rings. The van der Waals surface area contributed by atoms with Crippen molar-refractivity contribution in [2.45, 2.75) is 13.5 Å². The summed E-state index contributed by atoms with van der Waals surface area (Å²) in [5.41, 5.74) is 2.13. The minimum Gasteiger partial charge on any atom is -0.450 e. The van der Waals surface area contributed by atoms with Crippen molar-refractivity contribution in [3.63, 3.8) is 0 Å². The molecule has 0 atom stereocenters. The Morgan fingerprint density at radius 3 is 2.83 bits per heavy atom. The Balaban J connectivity index is 1.93. The Bertz CT molecular complexity index is 833. The van der Waals surface area contributed by atoms with Gasteiger partial charge in [-0.15, -0.1) is 5.10 Å². The molecule has 0 radical (unpaired) electrons. The Labute approximate surface area is 131 Å². The summed E-state index contributed by atoms with van der Waals surface area (Å²) in [5, 5.41) is 10.4. The highest BCUT2D eigenvalue weighted by atomic mass is 19.1. The number of fused-ring (bicyclic) bond motifs is 1. The van der Waals surface area contributed by atoms with Gasteiger partial charge in [0.2, 0.25) is 0 Å². The molecule has 3 aromatic rings. The van der Waals surface area contributed by atoms with Gasteiger partial charge in [-0.3, -0.25) is 5.32 Å². The number of nitrogens with one attached hydrogen (secondary N) is 1. The number of carbonyl (C=O) groups excluding carboxylic acids is 1. The van der Waals surface area contributed by atoms with Crippen LogP contribution in [0.2, 0.25) is 0 Å². The standard InChI is InChI=1S/C16H15FN4O2/c1-2-23-16(22)18-13-9-15-14(8-12(13)17)19-20-21(15)10-11-6-4-3-5-7-11/h3-9H,2,10H2,1H3,(H,18,22). The fourth-order valence-electron chi connectivity index (χ4n) is 2.23. The summed E-state index contributed by atoms with van der Waals surface area (Å²) in [6.45, 7) is 2.39. The van der Waals surface area contributed by atoms with Crippen LogP contribution in [0.25, 0.3) is 11.0 Å². The SMILES string of the molecule is CCOC(=O)Nc1cc2c(cc1F)nnn2Cc1ccccc1. The first kappa shape index (κ1) is 15.0. The Hall–Kier alpha value is -2.96. The fraction of sp³-hybridized carbons (Fsp3) is 0.188. The maximum atomic E-state index is 14.0. The van der Waals surface area contributed by atoms with Gasteiger partial charge in [0.25, 0.3) is 0 Å². The predicted molar refractivity (Wildman–Crippen MR) is 83.7 cm³/mol. The molecule has 0 spiro atoms. The molecular weight excluding hydrogens is 299 g/mol. The molecular formula is C16H15FN4O2. The van der Waals surface area contributed by atoms with Crippen LogP contribution in [0.15, 0.2) is 42.5 Å². The van der Waals surface area contributed by atoms with Gasteiger partial charge in [-0.25, -0.2) is 13.9 Å². The van der Waals surface area contributed by atoms with E-state index in [1.807, 2.05) is 30.3 Å². The van der Waals surface area contributed by atoms with Crippen LogP contribution in [0, 0.1) is 5.82 Å². The Morgan fingerprint density at radius 1 is 1.30 bits per heavy atom. The Morgan fingerprint density at radius 2 is 2.09 bits per heavy atom. The summed E-state index contributed by atoms with van der Waals surface area (Å²) in [7, 11) is 0. The zero-order valence-corrected chi connectivity index (χ0v) is 12.5. The zero-order chi connectivity index (χ0) is 16.2. The molecule has 1 heterocycles. The highest BCUT2D eigenvalue weighted by molar-refractivity contribution is 5.88. The Kier molecular flexibility index (Phi) is 4.18. The summed E-state index contributed by atoms with van der Waals surface area (Å²) < 4.78 is 20.4. The first-order chi connectivity index (χ1) is 11.2. The minimum atomic E-state index is -0.701. The van der Waals surface area contributed by atoms with Crippen LogP contribution in [0.3, 0.4) is 0 Å². The lowest BCUT2D eigenvalue weighted by Gasteiger charge is -2.07. The molecule has 0 saturated heterocycles. The highest BCUT2D eigenvalue weighted by Crippen LogP contribution is 2.22. The fourth-order valence-corrected chi connectivity index (χ4v) is 2.23. The zero-order valence-electron chi connectivity index (χ0n) is 12.5. The van der Waals surface area contributed by atoms with Crippen LogP contribution in [0.1, 0.15) is 12.5 Å². The minimum absolute atomic E-state index is 0.0348. The third kappa shape index (κ3) is 3.28. The van der Waals surface area contributed by atoms with Crippen molar-refractivity contribution in [3.05, 3.63) is 53.8 Å². The second kappa shape index (κ2) is 6.43. The lowest BCUT2D eigenvalue weighted by atomic mass is 10.2. The first-order valence-corrected chi connectivity index (χ1v) is 7.18. The van der Waals surface area contributed by atoms with Gasteiger partial charge >= 0.3 is 6.09 Å². The largest absolute Gasteiger partial charge is 0.450 e. The third-order valence-corrected chi connectivity index (χ3v) is 3.29. The molecule has 118 valence electrons. The van der Waals surface area contributed by atoms with Crippen LogP contribution < -0.4 is 5.32 Å². The monoisotopic (exact) mass is 314 g/mol. The highest BCUT2D eigenvalue weighted by Gasteiger charge is 2.13. The van der Waals surface area contributed by atoms with Gasteiger partial charge in [-0.2, -0.15) is 0 Å². The van der Waals surface area contributed by atoms with E-state index in [1.54, 1.807) is 11.6 Å². The summed E-state index contributed by atoms with van der Waals surface area (Å²) in [6, 6.07) is 12.5. The van der Waals surface area contributed by atoms with Gasteiger partial charge in [0.15, 0.2) is 0 Å². The van der Waals surface area contributed by atoms with Crippen molar-refractivity contribution in [1.82, 2.24) is 15.0 Å². The average molecular weight is 314 g/mol. The van der Waals surface area contributed by atoms with Crippen molar-refractivity contribution >= 4 is 22.8 Å². The van der Waals surface area contributed by atoms with Crippen molar-refractivity contribution in [2.75, 3.05) is 11.9 Å². The number of carbonyl (C=O) groups is 1. The van der Waals surface area contributed by atoms with Gasteiger partial charge in [0, 0.05) is 6.07 Å². The summed E-state index contributed by atoms with van der Waals surface area (Å²) in [4.78, 5) is 11.5. The van der Waals surface area contributed by atoms with Crippen molar-refractivity contribution in [1.29, 1.82) is 0 Å². The molecule has 0 aliphatic heterocycles. The molecule has 0 bridgehead atoms. The lowest BCUT2D eigenvalue weighted by Crippen LogP contribution is -2.14. The molecule has 0 aliphatic carbocycles. The van der Waals surface area contributed by atoms with E-state index in [1.165, 1.54) is 12.1 Å². The topological polar surface area (TPSA) is 69.0 Å². The van der Waals surface area contributed by atoms with Crippen LogP contribution in [0.5, 0.6) is 0 Å².